The van der Waals surface area contributed by atoms with Crippen molar-refractivity contribution in [2.45, 2.75) is 31.6 Å². The molecule has 8 heteroatoms. The number of amides is 1. The molecule has 0 radical (unpaired) electrons. The summed E-state index contributed by atoms with van der Waals surface area (Å²) in [5.74, 6) is 0.315. The summed E-state index contributed by atoms with van der Waals surface area (Å²) in [6, 6.07) is 4.75. The Morgan fingerprint density at radius 1 is 1.39 bits per heavy atom. The second kappa shape index (κ2) is 8.63. The predicted octanol–water partition coefficient (Wildman–Crippen LogP) is 1.65. The highest BCUT2D eigenvalue weighted by atomic mass is 35.5. The first-order valence-corrected chi connectivity index (χ1v) is 8.95. The van der Waals surface area contributed by atoms with Crippen molar-refractivity contribution in [1.29, 1.82) is 0 Å². The van der Waals surface area contributed by atoms with Crippen molar-refractivity contribution in [3.8, 4) is 0 Å². The van der Waals surface area contributed by atoms with Gasteiger partial charge in [0.25, 0.3) is 0 Å². The van der Waals surface area contributed by atoms with Gasteiger partial charge in [0, 0.05) is 19.2 Å². The molecular formula is C15H24ClN3O3S. The maximum atomic E-state index is 12.3. The SMILES string of the molecule is CC(=O)Nc1cc(S(=O)(=O)NCCC2CCNC2)ccc1C.Cl. The Morgan fingerprint density at radius 3 is 2.74 bits per heavy atom. The van der Waals surface area contributed by atoms with Crippen molar-refractivity contribution in [1.82, 2.24) is 10.0 Å². The van der Waals surface area contributed by atoms with Gasteiger partial charge in [0.1, 0.15) is 0 Å². The molecule has 1 aliphatic heterocycles. The molecular weight excluding hydrogens is 338 g/mol. The van der Waals surface area contributed by atoms with Crippen molar-refractivity contribution >= 4 is 34.0 Å². The van der Waals surface area contributed by atoms with Gasteiger partial charge in [0.2, 0.25) is 15.9 Å². The molecule has 1 aromatic rings. The Morgan fingerprint density at radius 2 is 2.13 bits per heavy atom. The molecule has 2 rings (SSSR count). The van der Waals surface area contributed by atoms with Gasteiger partial charge < -0.3 is 10.6 Å². The Labute approximate surface area is 143 Å². The highest BCUT2D eigenvalue weighted by Gasteiger charge is 2.18. The van der Waals surface area contributed by atoms with Crippen LogP contribution >= 0.6 is 12.4 Å². The molecule has 0 aliphatic carbocycles. The minimum absolute atomic E-state index is 0. The smallest absolute Gasteiger partial charge is 0.240 e. The van der Waals surface area contributed by atoms with E-state index in [0.717, 1.165) is 31.5 Å². The number of aryl methyl sites for hydroxylation is 1. The van der Waals surface area contributed by atoms with Crippen LogP contribution in [0.4, 0.5) is 5.69 Å². The van der Waals surface area contributed by atoms with Crippen LogP contribution in [0.3, 0.4) is 0 Å². The molecule has 0 spiro atoms. The van der Waals surface area contributed by atoms with Gasteiger partial charge in [-0.3, -0.25) is 4.79 Å². The third-order valence-electron chi connectivity index (χ3n) is 3.84. The average molecular weight is 362 g/mol. The first kappa shape index (κ1) is 19.9. The molecule has 3 N–H and O–H groups in total. The van der Waals surface area contributed by atoms with Crippen molar-refractivity contribution in [3.05, 3.63) is 23.8 Å². The summed E-state index contributed by atoms with van der Waals surface area (Å²) in [5, 5.41) is 5.91. The fourth-order valence-electron chi connectivity index (χ4n) is 2.53. The summed E-state index contributed by atoms with van der Waals surface area (Å²) in [4.78, 5) is 11.3. The lowest BCUT2D eigenvalue weighted by atomic mass is 10.1. The van der Waals surface area contributed by atoms with Crippen LogP contribution in [0, 0.1) is 12.8 Å². The van der Waals surface area contributed by atoms with E-state index in [0.29, 0.717) is 18.2 Å². The fourth-order valence-corrected chi connectivity index (χ4v) is 3.61. The Hall–Kier alpha value is -1.15. The number of carbonyl (C=O) groups excluding carboxylic acids is 1. The predicted molar refractivity (Wildman–Crippen MR) is 93.5 cm³/mol. The molecule has 130 valence electrons. The van der Waals surface area contributed by atoms with Gasteiger partial charge in [-0.05, 0) is 56.5 Å². The molecule has 1 heterocycles. The van der Waals surface area contributed by atoms with Gasteiger partial charge in [-0.2, -0.15) is 0 Å². The maximum absolute atomic E-state index is 12.3. The van der Waals surface area contributed by atoms with Crippen LogP contribution in [0.2, 0.25) is 0 Å². The van der Waals surface area contributed by atoms with Crippen LogP contribution in [-0.2, 0) is 14.8 Å². The lowest BCUT2D eigenvalue weighted by molar-refractivity contribution is -0.114. The summed E-state index contributed by atoms with van der Waals surface area (Å²) in [7, 11) is -3.55. The summed E-state index contributed by atoms with van der Waals surface area (Å²) in [6.07, 6.45) is 1.93. The number of rotatable bonds is 6. The fraction of sp³-hybridized carbons (Fsp3) is 0.533. The van der Waals surface area contributed by atoms with E-state index in [2.05, 4.69) is 15.4 Å². The largest absolute Gasteiger partial charge is 0.326 e. The highest BCUT2D eigenvalue weighted by molar-refractivity contribution is 7.89. The van der Waals surface area contributed by atoms with E-state index < -0.39 is 10.0 Å². The van der Waals surface area contributed by atoms with Crippen LogP contribution in [0.5, 0.6) is 0 Å². The minimum Gasteiger partial charge on any atom is -0.326 e. The third kappa shape index (κ3) is 5.76. The van der Waals surface area contributed by atoms with E-state index in [4.69, 9.17) is 0 Å². The number of hydrogen-bond donors (Lipinski definition) is 3. The lowest BCUT2D eigenvalue weighted by Gasteiger charge is -2.12. The van der Waals surface area contributed by atoms with Gasteiger partial charge in [0.05, 0.1) is 4.90 Å². The third-order valence-corrected chi connectivity index (χ3v) is 5.30. The van der Waals surface area contributed by atoms with Crippen LogP contribution in [-0.4, -0.2) is 34.0 Å². The number of halogens is 1. The Balaban J connectivity index is 0.00000264. The molecule has 1 aliphatic rings. The van der Waals surface area contributed by atoms with Gasteiger partial charge in [-0.15, -0.1) is 12.4 Å². The van der Waals surface area contributed by atoms with Crippen molar-refractivity contribution in [3.63, 3.8) is 0 Å². The van der Waals surface area contributed by atoms with Crippen LogP contribution in [0.15, 0.2) is 23.1 Å². The molecule has 0 bridgehead atoms. The lowest BCUT2D eigenvalue weighted by Crippen LogP contribution is -2.26. The zero-order valence-corrected chi connectivity index (χ0v) is 15.0. The van der Waals surface area contributed by atoms with Crippen LogP contribution in [0.1, 0.15) is 25.3 Å². The van der Waals surface area contributed by atoms with Crippen molar-refractivity contribution in [2.75, 3.05) is 25.0 Å². The van der Waals surface area contributed by atoms with E-state index >= 15 is 0 Å². The van der Waals surface area contributed by atoms with Gasteiger partial charge in [-0.1, -0.05) is 6.07 Å². The minimum atomic E-state index is -3.55. The molecule has 1 aromatic carbocycles. The second-order valence-corrected chi connectivity index (χ2v) is 7.47. The highest BCUT2D eigenvalue weighted by Crippen LogP contribution is 2.20. The number of nitrogens with one attached hydrogen (secondary N) is 3. The standard InChI is InChI=1S/C15H23N3O3S.ClH/c1-11-3-4-14(9-15(11)18-12(2)19)22(20,21)17-8-6-13-5-7-16-10-13;/h3-4,9,13,16-17H,5-8,10H2,1-2H3,(H,18,19);1H. The molecule has 1 unspecified atom stereocenters. The van der Waals surface area contributed by atoms with Crippen molar-refractivity contribution < 1.29 is 13.2 Å². The van der Waals surface area contributed by atoms with Gasteiger partial charge in [0.15, 0.2) is 0 Å². The normalized spacial score (nSPS) is 17.6. The first-order valence-electron chi connectivity index (χ1n) is 7.47. The van der Waals surface area contributed by atoms with Crippen LogP contribution in [0.25, 0.3) is 0 Å². The number of benzene rings is 1. The summed E-state index contributed by atoms with van der Waals surface area (Å²) >= 11 is 0. The number of hydrogen-bond acceptors (Lipinski definition) is 4. The molecule has 0 saturated carbocycles. The summed E-state index contributed by atoms with van der Waals surface area (Å²) in [5.41, 5.74) is 1.35. The Bertz CT molecular complexity index is 643. The zero-order valence-electron chi connectivity index (χ0n) is 13.4. The summed E-state index contributed by atoms with van der Waals surface area (Å²) < 4.78 is 27.3. The van der Waals surface area contributed by atoms with Crippen molar-refractivity contribution in [2.24, 2.45) is 5.92 Å². The van der Waals surface area contributed by atoms with E-state index in [1.54, 1.807) is 12.1 Å². The van der Waals surface area contributed by atoms with Gasteiger partial charge in [-0.25, -0.2) is 13.1 Å². The average Bonchev–Trinajstić information content (AvgIpc) is 2.93. The van der Waals surface area contributed by atoms with Gasteiger partial charge >= 0.3 is 0 Å². The molecule has 23 heavy (non-hydrogen) atoms. The summed E-state index contributed by atoms with van der Waals surface area (Å²) in [6.45, 7) is 5.61. The molecule has 1 amide bonds. The molecule has 1 saturated heterocycles. The molecule has 0 aromatic heterocycles. The monoisotopic (exact) mass is 361 g/mol. The quantitative estimate of drug-likeness (QED) is 0.719. The number of anilines is 1. The molecule has 1 atom stereocenters. The van der Waals surface area contributed by atoms with E-state index in [-0.39, 0.29) is 23.2 Å². The van der Waals surface area contributed by atoms with E-state index in [9.17, 15) is 13.2 Å². The molecule has 6 nitrogen and oxygen atoms in total. The first-order chi connectivity index (χ1) is 10.4. The number of sulfonamides is 1. The van der Waals surface area contributed by atoms with E-state index in [1.807, 2.05) is 6.92 Å². The van der Waals surface area contributed by atoms with E-state index in [1.165, 1.54) is 13.0 Å². The second-order valence-electron chi connectivity index (χ2n) is 5.70. The molecule has 1 fully saturated rings. The maximum Gasteiger partial charge on any atom is 0.240 e. The van der Waals surface area contributed by atoms with Crippen LogP contribution < -0.4 is 15.4 Å². The zero-order chi connectivity index (χ0) is 16.2. The topological polar surface area (TPSA) is 87.3 Å². The Kier molecular flexibility index (Phi) is 7.47. The number of carbonyl (C=O) groups is 1.